The molecule has 1 aromatic carbocycles. The molecule has 0 aliphatic carbocycles. The maximum atomic E-state index is 13.3. The molecule has 0 saturated heterocycles. The van der Waals surface area contributed by atoms with Gasteiger partial charge in [0.2, 0.25) is 0 Å². The lowest BCUT2D eigenvalue weighted by Gasteiger charge is -2.10. The van der Waals surface area contributed by atoms with Crippen LogP contribution in [0.2, 0.25) is 0 Å². The van der Waals surface area contributed by atoms with Crippen LogP contribution in [0.5, 0.6) is 5.75 Å². The molecule has 3 nitrogen and oxygen atoms in total. The van der Waals surface area contributed by atoms with Crippen molar-refractivity contribution in [2.75, 3.05) is 19.7 Å². The summed E-state index contributed by atoms with van der Waals surface area (Å²) in [5.74, 6) is -0.307. The van der Waals surface area contributed by atoms with Crippen molar-refractivity contribution in [3.8, 4) is 11.8 Å². The average molecular weight is 248 g/mol. The van der Waals surface area contributed by atoms with Gasteiger partial charge in [-0.15, -0.1) is 0 Å². The number of nitrogens with one attached hydrogen (secondary N) is 1. The third-order valence-corrected chi connectivity index (χ3v) is 2.32. The zero-order chi connectivity index (χ0) is 13.4. The van der Waals surface area contributed by atoms with Gasteiger partial charge < -0.3 is 10.1 Å². The first-order valence-corrected chi connectivity index (χ1v) is 5.87. The van der Waals surface area contributed by atoms with E-state index in [1.54, 1.807) is 12.1 Å². The molecule has 0 aliphatic heterocycles. The first-order valence-electron chi connectivity index (χ1n) is 5.87. The van der Waals surface area contributed by atoms with Gasteiger partial charge in [0, 0.05) is 6.54 Å². The van der Waals surface area contributed by atoms with Gasteiger partial charge >= 0.3 is 0 Å². The number of hydrogen-bond donors (Lipinski definition) is 1. The number of ether oxygens (including phenoxy) is 1. The van der Waals surface area contributed by atoms with Gasteiger partial charge in [0.05, 0.1) is 0 Å². The number of halogens is 1. The Bertz CT molecular complexity index is 452. The molecule has 1 aromatic rings. The molecule has 0 unspecified atom stereocenters. The quantitative estimate of drug-likeness (QED) is 0.596. The van der Waals surface area contributed by atoms with Gasteiger partial charge in [-0.2, -0.15) is 5.26 Å². The van der Waals surface area contributed by atoms with Crippen molar-refractivity contribution < 1.29 is 9.13 Å². The third kappa shape index (κ3) is 4.19. The van der Waals surface area contributed by atoms with E-state index in [-0.39, 0.29) is 17.9 Å². The van der Waals surface area contributed by atoms with E-state index in [1.165, 1.54) is 12.1 Å². The molecule has 0 spiro atoms. The molecule has 0 aliphatic rings. The Morgan fingerprint density at radius 3 is 3.00 bits per heavy atom. The zero-order valence-electron chi connectivity index (χ0n) is 10.5. The van der Waals surface area contributed by atoms with Crippen LogP contribution >= 0.6 is 0 Å². The number of benzene rings is 1. The highest BCUT2D eigenvalue weighted by atomic mass is 19.1. The van der Waals surface area contributed by atoms with Gasteiger partial charge in [-0.1, -0.05) is 19.6 Å². The van der Waals surface area contributed by atoms with E-state index in [0.717, 1.165) is 18.5 Å². The normalized spacial score (nSPS) is 9.83. The summed E-state index contributed by atoms with van der Waals surface area (Å²) in [4.78, 5) is 0. The fourth-order valence-electron chi connectivity index (χ4n) is 1.41. The Balaban J connectivity index is 2.51. The summed E-state index contributed by atoms with van der Waals surface area (Å²) in [5.41, 5.74) is 0.795. The third-order valence-electron chi connectivity index (χ3n) is 2.32. The molecule has 0 bridgehead atoms. The molecule has 0 heterocycles. The molecule has 0 aromatic heterocycles. The van der Waals surface area contributed by atoms with Gasteiger partial charge in [0.15, 0.2) is 0 Å². The van der Waals surface area contributed by atoms with Crippen molar-refractivity contribution in [1.82, 2.24) is 5.32 Å². The van der Waals surface area contributed by atoms with Crippen LogP contribution in [0.4, 0.5) is 4.39 Å². The highest BCUT2D eigenvalue weighted by Gasteiger charge is 2.08. The highest BCUT2D eigenvalue weighted by molar-refractivity contribution is 5.43. The lowest BCUT2D eigenvalue weighted by Crippen LogP contribution is -2.20. The lowest BCUT2D eigenvalue weighted by atomic mass is 10.2. The Morgan fingerprint density at radius 1 is 1.56 bits per heavy atom. The second-order valence-corrected chi connectivity index (χ2v) is 3.94. The molecule has 96 valence electrons. The fourth-order valence-corrected chi connectivity index (χ4v) is 1.41. The number of rotatable bonds is 7. The summed E-state index contributed by atoms with van der Waals surface area (Å²) in [6, 6.07) is 6.13. The summed E-state index contributed by atoms with van der Waals surface area (Å²) in [6.07, 6.45) is 1.05. The molecule has 18 heavy (non-hydrogen) atoms. The summed E-state index contributed by atoms with van der Waals surface area (Å²) < 4.78 is 18.7. The van der Waals surface area contributed by atoms with E-state index in [0.29, 0.717) is 6.54 Å². The van der Waals surface area contributed by atoms with E-state index in [9.17, 15) is 4.39 Å². The molecular formula is C14H17FN2O. The number of nitrogens with zero attached hydrogens (tertiary/aromatic N) is 1. The second-order valence-electron chi connectivity index (χ2n) is 3.94. The monoisotopic (exact) mass is 248 g/mol. The Hall–Kier alpha value is -1.86. The Kier molecular flexibility index (Phi) is 5.89. The predicted octanol–water partition coefficient (Wildman–Crippen LogP) is 2.63. The first kappa shape index (κ1) is 14.2. The minimum Gasteiger partial charge on any atom is -0.488 e. The van der Waals surface area contributed by atoms with E-state index >= 15 is 0 Å². The van der Waals surface area contributed by atoms with Crippen LogP contribution in [0.1, 0.15) is 18.9 Å². The van der Waals surface area contributed by atoms with Crippen LogP contribution in [-0.4, -0.2) is 19.7 Å². The highest BCUT2D eigenvalue weighted by Crippen LogP contribution is 2.20. The van der Waals surface area contributed by atoms with Gasteiger partial charge in [-0.3, -0.25) is 0 Å². The van der Waals surface area contributed by atoms with Crippen molar-refractivity contribution in [2.24, 2.45) is 0 Å². The summed E-state index contributed by atoms with van der Waals surface area (Å²) in [6.45, 7) is 7.79. The van der Waals surface area contributed by atoms with E-state index < -0.39 is 5.82 Å². The minimum atomic E-state index is -0.565. The molecule has 0 radical (unpaired) electrons. The van der Waals surface area contributed by atoms with Crippen molar-refractivity contribution in [1.29, 1.82) is 5.26 Å². The van der Waals surface area contributed by atoms with Crippen LogP contribution in [0.25, 0.3) is 0 Å². The van der Waals surface area contributed by atoms with Crippen LogP contribution in [-0.2, 0) is 0 Å². The molecule has 0 saturated carbocycles. The van der Waals surface area contributed by atoms with E-state index in [2.05, 4.69) is 18.8 Å². The number of nitriles is 1. The van der Waals surface area contributed by atoms with Gasteiger partial charge in [-0.25, -0.2) is 4.39 Å². The second kappa shape index (κ2) is 7.46. The lowest BCUT2D eigenvalue weighted by molar-refractivity contribution is 0.345. The van der Waals surface area contributed by atoms with Crippen molar-refractivity contribution in [2.45, 2.75) is 13.3 Å². The molecule has 4 heteroatoms. The first-order chi connectivity index (χ1) is 8.69. The zero-order valence-corrected chi connectivity index (χ0v) is 10.5. The predicted molar refractivity (Wildman–Crippen MR) is 68.9 cm³/mol. The van der Waals surface area contributed by atoms with Crippen LogP contribution in [0.15, 0.2) is 30.4 Å². The van der Waals surface area contributed by atoms with Crippen LogP contribution in [0, 0.1) is 17.1 Å². The maximum Gasteiger partial charge on any atom is 0.144 e. The maximum absolute atomic E-state index is 13.3. The standard InChI is InChI=1S/C14H17FN2O/c1-3-7-17-9-11(2)10-18-14-6-4-5-13(15)12(14)8-16/h4-6,17H,2-3,7,9-10H2,1H3. The smallest absolute Gasteiger partial charge is 0.144 e. The molecule has 1 N–H and O–H groups in total. The molecule has 0 fully saturated rings. The van der Waals surface area contributed by atoms with E-state index in [1.807, 2.05) is 0 Å². The molecule has 1 rings (SSSR count). The Labute approximate surface area is 107 Å². The SMILES string of the molecule is C=C(CNCCC)COc1cccc(F)c1C#N. The van der Waals surface area contributed by atoms with Crippen LogP contribution in [0.3, 0.4) is 0 Å². The largest absolute Gasteiger partial charge is 0.488 e. The van der Waals surface area contributed by atoms with Gasteiger partial charge in [0.25, 0.3) is 0 Å². The van der Waals surface area contributed by atoms with Crippen molar-refractivity contribution in [3.63, 3.8) is 0 Å². The average Bonchev–Trinajstić information content (AvgIpc) is 2.36. The summed E-state index contributed by atoms with van der Waals surface area (Å²) in [7, 11) is 0. The topological polar surface area (TPSA) is 45.0 Å². The molecule has 0 atom stereocenters. The molecular weight excluding hydrogens is 231 g/mol. The van der Waals surface area contributed by atoms with Crippen LogP contribution < -0.4 is 10.1 Å². The fraction of sp³-hybridized carbons (Fsp3) is 0.357. The summed E-state index contributed by atoms with van der Waals surface area (Å²) in [5, 5.41) is 12.0. The Morgan fingerprint density at radius 2 is 2.33 bits per heavy atom. The van der Waals surface area contributed by atoms with Crippen molar-refractivity contribution >= 4 is 0 Å². The summed E-state index contributed by atoms with van der Waals surface area (Å²) >= 11 is 0. The minimum absolute atomic E-state index is 0.0631. The molecule has 0 amide bonds. The van der Waals surface area contributed by atoms with Crippen molar-refractivity contribution in [3.05, 3.63) is 41.7 Å². The van der Waals surface area contributed by atoms with E-state index in [4.69, 9.17) is 10.00 Å². The van der Waals surface area contributed by atoms with Gasteiger partial charge in [-0.05, 0) is 30.7 Å². The number of hydrogen-bond acceptors (Lipinski definition) is 3. The van der Waals surface area contributed by atoms with Gasteiger partial charge in [0.1, 0.15) is 29.8 Å².